The minimum Gasteiger partial charge on any atom is -0.317 e. The summed E-state index contributed by atoms with van der Waals surface area (Å²) in [6, 6.07) is 6.98. The van der Waals surface area contributed by atoms with Crippen LogP contribution in [0.3, 0.4) is 0 Å². The number of rotatable bonds is 3. The van der Waals surface area contributed by atoms with Crippen molar-refractivity contribution in [1.29, 1.82) is 0 Å². The van der Waals surface area contributed by atoms with E-state index in [2.05, 4.69) is 25.6 Å². The lowest BCUT2D eigenvalue weighted by atomic mass is 10.2. The quantitative estimate of drug-likeness (QED) is 0.776. The lowest BCUT2D eigenvalue weighted by Gasteiger charge is -2.11. The number of anilines is 1. The Morgan fingerprint density at radius 3 is 2.90 bits per heavy atom. The van der Waals surface area contributed by atoms with Crippen LogP contribution in [0, 0.1) is 6.92 Å². The first-order chi connectivity index (χ1) is 10.1. The van der Waals surface area contributed by atoms with Crippen LogP contribution in [0.4, 0.5) is 5.69 Å². The molecule has 3 aromatic rings. The van der Waals surface area contributed by atoms with Crippen molar-refractivity contribution in [3.05, 3.63) is 53.3 Å². The van der Waals surface area contributed by atoms with Gasteiger partial charge in [-0.05, 0) is 25.1 Å². The van der Waals surface area contributed by atoms with E-state index in [-0.39, 0.29) is 5.82 Å². The second-order valence-corrected chi connectivity index (χ2v) is 4.69. The molecule has 0 unspecified atom stereocenters. The molecule has 3 rings (SSSR count). The van der Waals surface area contributed by atoms with Gasteiger partial charge in [-0.15, -0.1) is 5.10 Å². The van der Waals surface area contributed by atoms with Crippen LogP contribution < -0.4 is 5.32 Å². The van der Waals surface area contributed by atoms with Gasteiger partial charge >= 0.3 is 0 Å². The van der Waals surface area contributed by atoms with E-state index >= 15 is 0 Å². The SMILES string of the molecule is Cc1nc(C(=O)Nc2cccc(Cl)c2-n2cccn2)n[nH]1. The molecular weight excluding hydrogens is 292 g/mol. The minimum absolute atomic E-state index is 0.0684. The van der Waals surface area contributed by atoms with Gasteiger partial charge < -0.3 is 5.32 Å². The van der Waals surface area contributed by atoms with Gasteiger partial charge in [0.25, 0.3) is 5.91 Å². The van der Waals surface area contributed by atoms with Crippen LogP contribution in [0.25, 0.3) is 5.69 Å². The van der Waals surface area contributed by atoms with Gasteiger partial charge in [0.15, 0.2) is 0 Å². The number of benzene rings is 1. The maximum atomic E-state index is 12.1. The van der Waals surface area contributed by atoms with Crippen molar-refractivity contribution in [3.63, 3.8) is 0 Å². The minimum atomic E-state index is -0.421. The molecule has 0 aliphatic carbocycles. The van der Waals surface area contributed by atoms with Crippen LogP contribution in [-0.2, 0) is 0 Å². The fourth-order valence-corrected chi connectivity index (χ4v) is 2.13. The van der Waals surface area contributed by atoms with Gasteiger partial charge in [0.05, 0.1) is 10.7 Å². The highest BCUT2D eigenvalue weighted by Gasteiger charge is 2.16. The number of amides is 1. The standard InChI is InChI=1S/C13H11ClN6O/c1-8-16-12(19-18-8)13(21)17-10-5-2-4-9(14)11(10)20-7-3-6-15-20/h2-7H,1H3,(H,17,21)(H,16,18,19). The molecule has 106 valence electrons. The molecule has 7 nitrogen and oxygen atoms in total. The van der Waals surface area contributed by atoms with E-state index in [1.54, 1.807) is 48.3 Å². The van der Waals surface area contributed by atoms with Gasteiger partial charge in [-0.1, -0.05) is 17.7 Å². The molecule has 0 saturated carbocycles. The number of aryl methyl sites for hydroxylation is 1. The van der Waals surface area contributed by atoms with Gasteiger partial charge in [0.1, 0.15) is 11.5 Å². The number of nitrogens with one attached hydrogen (secondary N) is 2. The third-order valence-electron chi connectivity index (χ3n) is 2.77. The first-order valence-electron chi connectivity index (χ1n) is 6.14. The molecule has 0 atom stereocenters. The maximum Gasteiger partial charge on any atom is 0.295 e. The zero-order chi connectivity index (χ0) is 14.8. The first kappa shape index (κ1) is 13.3. The molecule has 0 spiro atoms. The molecule has 0 aliphatic rings. The van der Waals surface area contributed by atoms with Crippen molar-refractivity contribution < 1.29 is 4.79 Å². The Balaban J connectivity index is 1.96. The molecule has 0 radical (unpaired) electrons. The largest absolute Gasteiger partial charge is 0.317 e. The van der Waals surface area contributed by atoms with E-state index in [1.165, 1.54) is 0 Å². The van der Waals surface area contributed by atoms with Gasteiger partial charge in [-0.2, -0.15) is 5.10 Å². The second-order valence-electron chi connectivity index (χ2n) is 4.29. The Kier molecular flexibility index (Phi) is 3.41. The number of aromatic nitrogens is 5. The van der Waals surface area contributed by atoms with Crippen molar-refractivity contribution in [2.75, 3.05) is 5.32 Å². The summed E-state index contributed by atoms with van der Waals surface area (Å²) in [5.74, 6) is 0.215. The normalized spacial score (nSPS) is 10.6. The third kappa shape index (κ3) is 2.63. The lowest BCUT2D eigenvalue weighted by molar-refractivity contribution is 0.101. The molecule has 0 fully saturated rings. The molecule has 0 saturated heterocycles. The average Bonchev–Trinajstić information content (AvgIpc) is 3.10. The Morgan fingerprint density at radius 1 is 1.38 bits per heavy atom. The highest BCUT2D eigenvalue weighted by Crippen LogP contribution is 2.28. The summed E-state index contributed by atoms with van der Waals surface area (Å²) in [4.78, 5) is 16.1. The lowest BCUT2D eigenvalue weighted by Crippen LogP contribution is -2.15. The Labute approximate surface area is 125 Å². The highest BCUT2D eigenvalue weighted by molar-refractivity contribution is 6.33. The summed E-state index contributed by atoms with van der Waals surface area (Å²) in [5, 5.41) is 13.8. The zero-order valence-electron chi connectivity index (χ0n) is 11.0. The van der Waals surface area contributed by atoms with Crippen molar-refractivity contribution in [2.45, 2.75) is 6.92 Å². The predicted molar refractivity (Wildman–Crippen MR) is 77.6 cm³/mol. The number of hydrogen-bond acceptors (Lipinski definition) is 4. The van der Waals surface area contributed by atoms with Crippen LogP contribution >= 0.6 is 11.6 Å². The van der Waals surface area contributed by atoms with Gasteiger partial charge in [0.2, 0.25) is 5.82 Å². The van der Waals surface area contributed by atoms with Crippen LogP contribution in [-0.4, -0.2) is 30.9 Å². The van der Waals surface area contributed by atoms with E-state index in [0.29, 0.717) is 22.2 Å². The van der Waals surface area contributed by atoms with Crippen LogP contribution in [0.2, 0.25) is 5.02 Å². The average molecular weight is 303 g/mol. The maximum absolute atomic E-state index is 12.1. The Hall–Kier alpha value is -2.67. The second kappa shape index (κ2) is 5.37. The van der Waals surface area contributed by atoms with Crippen molar-refractivity contribution in [2.24, 2.45) is 0 Å². The molecule has 0 bridgehead atoms. The van der Waals surface area contributed by atoms with Gasteiger partial charge in [-0.25, -0.2) is 9.67 Å². The van der Waals surface area contributed by atoms with E-state index in [4.69, 9.17) is 11.6 Å². The summed E-state index contributed by atoms with van der Waals surface area (Å²) in [7, 11) is 0. The number of halogens is 1. The third-order valence-corrected chi connectivity index (χ3v) is 3.07. The summed E-state index contributed by atoms with van der Waals surface area (Å²) < 4.78 is 1.58. The summed E-state index contributed by atoms with van der Waals surface area (Å²) in [6.07, 6.45) is 3.38. The summed E-state index contributed by atoms with van der Waals surface area (Å²) in [5.41, 5.74) is 1.11. The van der Waals surface area contributed by atoms with Crippen molar-refractivity contribution in [1.82, 2.24) is 25.0 Å². The molecule has 2 N–H and O–H groups in total. The van der Waals surface area contributed by atoms with Gasteiger partial charge in [0, 0.05) is 12.4 Å². The number of H-pyrrole nitrogens is 1. The molecule has 2 aromatic heterocycles. The smallest absolute Gasteiger partial charge is 0.295 e. The molecule has 0 aliphatic heterocycles. The number of aromatic amines is 1. The highest BCUT2D eigenvalue weighted by atomic mass is 35.5. The molecule has 1 amide bonds. The topological polar surface area (TPSA) is 88.5 Å². The number of para-hydroxylation sites is 1. The molecule has 21 heavy (non-hydrogen) atoms. The predicted octanol–water partition coefficient (Wildman–Crippen LogP) is 2.20. The van der Waals surface area contributed by atoms with E-state index in [9.17, 15) is 4.79 Å². The van der Waals surface area contributed by atoms with E-state index in [1.807, 2.05) is 0 Å². The molecule has 8 heteroatoms. The zero-order valence-corrected chi connectivity index (χ0v) is 11.8. The Bertz CT molecular complexity index is 780. The summed E-state index contributed by atoms with van der Waals surface area (Å²) in [6.45, 7) is 1.72. The van der Waals surface area contributed by atoms with Crippen molar-refractivity contribution >= 4 is 23.2 Å². The molecule has 1 aromatic carbocycles. The number of nitrogens with zero attached hydrogens (tertiary/aromatic N) is 4. The molecular formula is C13H11ClN6O. The Morgan fingerprint density at radius 2 is 2.24 bits per heavy atom. The number of carbonyl (C=O) groups is 1. The number of carbonyl (C=O) groups excluding carboxylic acids is 1. The van der Waals surface area contributed by atoms with Gasteiger partial charge in [-0.3, -0.25) is 9.89 Å². The van der Waals surface area contributed by atoms with E-state index in [0.717, 1.165) is 0 Å². The van der Waals surface area contributed by atoms with Crippen LogP contribution in [0.15, 0.2) is 36.7 Å². The van der Waals surface area contributed by atoms with E-state index < -0.39 is 5.91 Å². The van der Waals surface area contributed by atoms with Crippen LogP contribution in [0.5, 0.6) is 0 Å². The monoisotopic (exact) mass is 302 g/mol. The summed E-state index contributed by atoms with van der Waals surface area (Å²) >= 11 is 6.20. The van der Waals surface area contributed by atoms with Crippen LogP contribution in [0.1, 0.15) is 16.4 Å². The van der Waals surface area contributed by atoms with Crippen molar-refractivity contribution in [3.8, 4) is 5.69 Å². The fourth-order valence-electron chi connectivity index (χ4n) is 1.87. The first-order valence-corrected chi connectivity index (χ1v) is 6.52. The fraction of sp³-hybridized carbons (Fsp3) is 0.0769. The number of hydrogen-bond donors (Lipinski definition) is 2. The molecule has 2 heterocycles.